The maximum atomic E-state index is 10.4. The van der Waals surface area contributed by atoms with E-state index in [4.69, 9.17) is 11.5 Å². The molecule has 2 unspecified atom stereocenters. The van der Waals surface area contributed by atoms with Crippen molar-refractivity contribution < 1.29 is 20.4 Å². The molecule has 0 aromatic heterocycles. The fourth-order valence-electron chi connectivity index (χ4n) is 2.89. The second kappa shape index (κ2) is 13.0. The number of nitrogen functional groups attached to an aromatic ring is 2. The van der Waals surface area contributed by atoms with Gasteiger partial charge in [-0.2, -0.15) is 0 Å². The zero-order valence-corrected chi connectivity index (χ0v) is 19.9. The van der Waals surface area contributed by atoms with Crippen LogP contribution in [0.25, 0.3) is 0 Å². The highest BCUT2D eigenvalue weighted by Gasteiger charge is 2.43. The second-order valence-electron chi connectivity index (χ2n) is 6.28. The van der Waals surface area contributed by atoms with Gasteiger partial charge in [-0.25, -0.2) is 0 Å². The average Bonchev–Trinajstić information content (AvgIpc) is 2.76. The molecule has 0 bridgehead atoms. The maximum Gasteiger partial charge on any atom is 0.0714 e. The average molecular weight is 491 g/mol. The lowest BCUT2D eigenvalue weighted by Gasteiger charge is -2.49. The second-order valence-corrected chi connectivity index (χ2v) is 15.2. The summed E-state index contributed by atoms with van der Waals surface area (Å²) in [6.45, 7) is -0.220. The number of aliphatic hydroxyl groups excluding tert-OH is 4. The van der Waals surface area contributed by atoms with Crippen molar-refractivity contribution in [3.63, 3.8) is 0 Å². The Labute approximate surface area is 191 Å². The first-order chi connectivity index (χ1) is 14.5. The first-order valence-corrected chi connectivity index (χ1v) is 14.6. The van der Waals surface area contributed by atoms with E-state index in [1.165, 1.54) is 23.5 Å². The van der Waals surface area contributed by atoms with Gasteiger partial charge in [-0.05, 0) is 48.5 Å². The highest BCUT2D eigenvalue weighted by Crippen LogP contribution is 2.77. The van der Waals surface area contributed by atoms with Crippen LogP contribution in [-0.2, 0) is 0 Å². The lowest BCUT2D eigenvalue weighted by molar-refractivity contribution is 0.307. The number of benzene rings is 2. The fourth-order valence-corrected chi connectivity index (χ4v) is 15.2. The Morgan fingerprint density at radius 3 is 1.53 bits per heavy atom. The predicted octanol–water partition coefficient (Wildman–Crippen LogP) is 2.81. The fraction of sp³-hybridized carbons (Fsp3) is 0.400. The van der Waals surface area contributed by atoms with Crippen molar-refractivity contribution in [3.8, 4) is 0 Å². The summed E-state index contributed by atoms with van der Waals surface area (Å²) in [7, 11) is -0.328. The zero-order chi connectivity index (χ0) is 22.0. The Morgan fingerprint density at radius 2 is 1.13 bits per heavy atom. The summed E-state index contributed by atoms with van der Waals surface area (Å²) in [6, 6.07) is 15.1. The monoisotopic (exact) mass is 490 g/mol. The molecule has 2 aromatic rings. The first-order valence-electron chi connectivity index (χ1n) is 9.40. The van der Waals surface area contributed by atoms with E-state index in [0.717, 1.165) is 9.79 Å². The molecule has 30 heavy (non-hydrogen) atoms. The number of anilines is 2. The zero-order valence-electron chi connectivity index (χ0n) is 16.6. The SMILES string of the molecule is Nc1ccc(SS(c2ccc(N)cc2)(C(CO)SCCO)C(CO)SCCO)cc1. The molecule has 2 rings (SSSR count). The van der Waals surface area contributed by atoms with Gasteiger partial charge < -0.3 is 31.9 Å². The molecule has 0 radical (unpaired) electrons. The van der Waals surface area contributed by atoms with Gasteiger partial charge in [0.25, 0.3) is 0 Å². The summed E-state index contributed by atoms with van der Waals surface area (Å²) in [4.78, 5) is 1.97. The summed E-state index contributed by atoms with van der Waals surface area (Å²) in [5.41, 5.74) is 13.1. The molecule has 0 saturated heterocycles. The number of hydrogen-bond donors (Lipinski definition) is 6. The van der Waals surface area contributed by atoms with Crippen LogP contribution in [-0.4, -0.2) is 67.5 Å². The van der Waals surface area contributed by atoms with E-state index in [9.17, 15) is 20.4 Å². The van der Waals surface area contributed by atoms with Crippen LogP contribution in [0.4, 0.5) is 11.4 Å². The quantitative estimate of drug-likeness (QED) is 0.185. The first kappa shape index (κ1) is 25.5. The molecule has 6 nitrogen and oxygen atoms in total. The third-order valence-electron chi connectivity index (χ3n) is 4.23. The lowest BCUT2D eigenvalue weighted by atomic mass is 10.3. The largest absolute Gasteiger partial charge is 0.399 e. The standard InChI is InChI=1S/C20H30N2O4S4/c21-15-1-5-17(6-2-15)29-30(19(13-25)27-11-9-23,20(14-26)28-12-10-24)18-7-3-16(22)4-8-18/h1-8,19-20,23-26H,9-14,21-22H2. The summed E-state index contributed by atoms with van der Waals surface area (Å²) in [6.07, 6.45) is 0. The van der Waals surface area contributed by atoms with E-state index in [0.29, 0.717) is 22.9 Å². The topological polar surface area (TPSA) is 133 Å². The number of hydrogen-bond acceptors (Lipinski definition) is 9. The van der Waals surface area contributed by atoms with Crippen molar-refractivity contribution >= 4 is 54.8 Å². The normalized spacial score (nSPS) is 16.5. The Balaban J connectivity index is 2.66. The number of rotatable bonds is 13. The summed E-state index contributed by atoms with van der Waals surface area (Å²) in [5, 5.41) is 39.7. The van der Waals surface area contributed by atoms with Crippen molar-refractivity contribution in [1.82, 2.24) is 0 Å². The van der Waals surface area contributed by atoms with Gasteiger partial charge in [0.15, 0.2) is 0 Å². The van der Waals surface area contributed by atoms with Gasteiger partial charge in [0, 0.05) is 32.7 Å². The van der Waals surface area contributed by atoms with Crippen molar-refractivity contribution in [2.24, 2.45) is 0 Å². The van der Waals surface area contributed by atoms with Gasteiger partial charge in [0.2, 0.25) is 0 Å². The van der Waals surface area contributed by atoms with Crippen LogP contribution in [0.2, 0.25) is 0 Å². The third-order valence-corrected chi connectivity index (χ3v) is 16.5. The van der Waals surface area contributed by atoms with Gasteiger partial charge in [0.05, 0.1) is 35.6 Å². The highest BCUT2D eigenvalue weighted by molar-refractivity contribution is 8.97. The smallest absolute Gasteiger partial charge is 0.0714 e. The molecule has 0 saturated carbocycles. The van der Waals surface area contributed by atoms with Crippen molar-refractivity contribution in [2.75, 3.05) is 49.4 Å². The van der Waals surface area contributed by atoms with Crippen LogP contribution in [0.5, 0.6) is 0 Å². The van der Waals surface area contributed by atoms with Crippen molar-refractivity contribution in [3.05, 3.63) is 48.5 Å². The molecule has 2 aromatic carbocycles. The van der Waals surface area contributed by atoms with Crippen LogP contribution < -0.4 is 11.5 Å². The van der Waals surface area contributed by atoms with Crippen molar-refractivity contribution in [2.45, 2.75) is 19.0 Å². The molecule has 0 aliphatic carbocycles. The molecule has 8 N–H and O–H groups in total. The molecule has 0 spiro atoms. The molecule has 0 aliphatic rings. The molecule has 0 amide bonds. The van der Waals surface area contributed by atoms with Gasteiger partial charge in [-0.15, -0.1) is 32.6 Å². The molecule has 0 fully saturated rings. The van der Waals surface area contributed by atoms with Crippen LogP contribution in [0, 0.1) is 0 Å². The third kappa shape index (κ3) is 6.39. The predicted molar refractivity (Wildman–Crippen MR) is 134 cm³/mol. The minimum absolute atomic E-state index is 0.00145. The number of thioether (sulfide) groups is 2. The molecule has 10 heteroatoms. The van der Waals surface area contributed by atoms with Crippen molar-refractivity contribution in [1.29, 1.82) is 0 Å². The van der Waals surface area contributed by atoms with E-state index in [1.54, 1.807) is 10.8 Å². The summed E-state index contributed by atoms with van der Waals surface area (Å²) in [5.74, 6) is 0.945. The Morgan fingerprint density at radius 1 is 0.700 bits per heavy atom. The summed E-state index contributed by atoms with van der Waals surface area (Å²) >= 11 is 3.00. The van der Waals surface area contributed by atoms with E-state index in [1.807, 2.05) is 48.5 Å². The van der Waals surface area contributed by atoms with E-state index in [-0.39, 0.29) is 35.6 Å². The van der Waals surface area contributed by atoms with Crippen LogP contribution >= 0.6 is 43.4 Å². The van der Waals surface area contributed by atoms with Gasteiger partial charge in [-0.1, -0.05) is 10.8 Å². The lowest BCUT2D eigenvalue weighted by Crippen LogP contribution is -2.29. The van der Waals surface area contributed by atoms with E-state index < -0.39 is 9.06 Å². The van der Waals surface area contributed by atoms with Crippen LogP contribution in [0.15, 0.2) is 58.3 Å². The Kier molecular flexibility index (Phi) is 11.0. The highest BCUT2D eigenvalue weighted by atomic mass is 33.2. The number of aliphatic hydroxyl groups is 4. The molecular formula is C20H30N2O4S4. The van der Waals surface area contributed by atoms with Crippen LogP contribution in [0.3, 0.4) is 0 Å². The summed E-state index contributed by atoms with van der Waals surface area (Å²) < 4.78 is -0.502. The molecular weight excluding hydrogens is 460 g/mol. The Hall–Kier alpha value is -0.720. The minimum Gasteiger partial charge on any atom is -0.399 e. The maximum absolute atomic E-state index is 10.4. The van der Waals surface area contributed by atoms with Gasteiger partial charge in [0.1, 0.15) is 0 Å². The van der Waals surface area contributed by atoms with E-state index in [2.05, 4.69) is 0 Å². The molecule has 0 aliphatic heterocycles. The van der Waals surface area contributed by atoms with Gasteiger partial charge >= 0.3 is 0 Å². The Bertz CT molecular complexity index is 733. The van der Waals surface area contributed by atoms with Gasteiger partial charge in [-0.3, -0.25) is 0 Å². The van der Waals surface area contributed by atoms with Crippen LogP contribution in [0.1, 0.15) is 0 Å². The number of nitrogens with two attached hydrogens (primary N) is 2. The molecule has 168 valence electrons. The molecule has 0 heterocycles. The molecule has 2 atom stereocenters. The minimum atomic E-state index is -1.96. The van der Waals surface area contributed by atoms with E-state index >= 15 is 0 Å².